The van der Waals surface area contributed by atoms with E-state index in [0.717, 1.165) is 27.4 Å². The molecule has 6 nitrogen and oxygen atoms in total. The first-order valence-electron chi connectivity index (χ1n) is 8.88. The smallest absolute Gasteiger partial charge is 0.267 e. The number of fused-ring (bicyclic) bond motifs is 1. The topological polar surface area (TPSA) is 65.1 Å². The van der Waals surface area contributed by atoms with Gasteiger partial charge >= 0.3 is 0 Å². The van der Waals surface area contributed by atoms with Crippen LogP contribution in [0.5, 0.6) is 0 Å². The summed E-state index contributed by atoms with van der Waals surface area (Å²) in [5, 5.41) is 9.85. The van der Waals surface area contributed by atoms with Gasteiger partial charge in [-0.25, -0.2) is 9.67 Å². The van der Waals surface area contributed by atoms with Crippen LogP contribution < -0.4 is 5.56 Å². The van der Waals surface area contributed by atoms with Crippen LogP contribution in [0.3, 0.4) is 0 Å². The third kappa shape index (κ3) is 3.50. The average Bonchev–Trinajstić information content (AvgIpc) is 3.24. The Hall–Kier alpha value is -2.77. The molecule has 3 aromatic heterocycles. The van der Waals surface area contributed by atoms with Gasteiger partial charge in [0.25, 0.3) is 5.56 Å². The van der Waals surface area contributed by atoms with E-state index in [0.29, 0.717) is 22.6 Å². The normalized spacial score (nSPS) is 11.7. The Labute approximate surface area is 170 Å². The Kier molecular flexibility index (Phi) is 5.11. The van der Waals surface area contributed by atoms with E-state index in [1.807, 2.05) is 43.3 Å². The van der Waals surface area contributed by atoms with Crippen LogP contribution >= 0.6 is 22.9 Å². The van der Waals surface area contributed by atoms with E-state index in [1.54, 1.807) is 10.9 Å². The second-order valence-corrected chi connectivity index (χ2v) is 7.83. The molecule has 1 aromatic carbocycles. The fraction of sp³-hybridized carbons (Fsp3) is 0.200. The predicted octanol–water partition coefficient (Wildman–Crippen LogP) is 4.11. The molecule has 0 aliphatic heterocycles. The summed E-state index contributed by atoms with van der Waals surface area (Å²) in [7, 11) is 0. The molecule has 0 atom stereocenters. The molecule has 0 saturated carbocycles. The second kappa shape index (κ2) is 7.69. The molecule has 0 aliphatic carbocycles. The molecule has 3 heterocycles. The van der Waals surface area contributed by atoms with Gasteiger partial charge in [-0.2, -0.15) is 14.9 Å². The van der Waals surface area contributed by atoms with E-state index in [4.69, 9.17) is 11.6 Å². The first-order chi connectivity index (χ1) is 13.6. The molecule has 0 spiro atoms. The Morgan fingerprint density at radius 1 is 1.29 bits per heavy atom. The van der Waals surface area contributed by atoms with Crippen molar-refractivity contribution in [1.82, 2.24) is 19.4 Å². The van der Waals surface area contributed by atoms with Gasteiger partial charge in [0.1, 0.15) is 16.3 Å². The lowest BCUT2D eigenvalue weighted by Crippen LogP contribution is -2.16. The van der Waals surface area contributed by atoms with Gasteiger partial charge in [-0.05, 0) is 25.0 Å². The summed E-state index contributed by atoms with van der Waals surface area (Å²) >= 11 is 8.04. The zero-order chi connectivity index (χ0) is 19.7. The maximum Gasteiger partial charge on any atom is 0.282 e. The minimum Gasteiger partial charge on any atom is -0.267 e. The number of thiophene rings is 1. The highest BCUT2D eigenvalue weighted by Crippen LogP contribution is 2.21. The van der Waals surface area contributed by atoms with E-state index in [-0.39, 0.29) is 5.56 Å². The van der Waals surface area contributed by atoms with Crippen LogP contribution in [0.1, 0.15) is 28.6 Å². The largest absolute Gasteiger partial charge is 0.282 e. The van der Waals surface area contributed by atoms with Crippen molar-refractivity contribution in [3.05, 3.63) is 79.9 Å². The summed E-state index contributed by atoms with van der Waals surface area (Å²) in [5.41, 5.74) is 2.34. The van der Waals surface area contributed by atoms with Gasteiger partial charge in [0.2, 0.25) is 0 Å². The zero-order valence-corrected chi connectivity index (χ0v) is 17.0. The molecule has 0 N–H and O–H groups in total. The quantitative estimate of drug-likeness (QED) is 0.464. The van der Waals surface area contributed by atoms with Crippen LogP contribution in [0.15, 0.2) is 52.6 Å². The fourth-order valence-electron chi connectivity index (χ4n) is 2.91. The number of halogens is 1. The monoisotopic (exact) mass is 411 g/mol. The Morgan fingerprint density at radius 2 is 2.07 bits per heavy atom. The van der Waals surface area contributed by atoms with E-state index in [9.17, 15) is 4.79 Å². The lowest BCUT2D eigenvalue weighted by molar-refractivity contribution is 0.680. The number of nitrogens with zero attached hydrogens (tertiary/aromatic N) is 5. The molecular formula is C20H18ClN5OS. The summed E-state index contributed by atoms with van der Waals surface area (Å²) < 4.78 is 2.96. The third-order valence-electron chi connectivity index (χ3n) is 4.43. The molecule has 142 valence electrons. The predicted molar refractivity (Wildman–Crippen MR) is 114 cm³/mol. The molecular weight excluding hydrogens is 394 g/mol. The van der Waals surface area contributed by atoms with Crippen molar-refractivity contribution in [2.45, 2.75) is 26.8 Å². The van der Waals surface area contributed by atoms with Crippen molar-refractivity contribution in [2.24, 2.45) is 5.10 Å². The first kappa shape index (κ1) is 18.6. The Balaban J connectivity index is 1.66. The first-order valence-corrected chi connectivity index (χ1v) is 10.1. The van der Waals surface area contributed by atoms with Gasteiger partial charge in [0.15, 0.2) is 0 Å². The molecule has 4 aromatic rings. The summed E-state index contributed by atoms with van der Waals surface area (Å²) in [5.74, 6) is 0. The zero-order valence-electron chi connectivity index (χ0n) is 15.5. The van der Waals surface area contributed by atoms with E-state index in [2.05, 4.69) is 22.1 Å². The minimum absolute atomic E-state index is 0.192. The number of aromatic nitrogens is 4. The van der Waals surface area contributed by atoms with E-state index < -0.39 is 0 Å². The SMILES string of the molecule is CCc1cc2c(=O)n(/N=C\c3c(C)nn(Cc4ccccc4)c3Cl)cnc2s1. The van der Waals surface area contributed by atoms with Crippen LogP contribution in [0, 0.1) is 6.92 Å². The number of rotatable bonds is 5. The summed E-state index contributed by atoms with van der Waals surface area (Å²) in [6.45, 7) is 4.49. The summed E-state index contributed by atoms with van der Waals surface area (Å²) in [6.07, 6.45) is 3.88. The number of aryl methyl sites for hydroxylation is 2. The maximum atomic E-state index is 12.7. The van der Waals surface area contributed by atoms with Crippen LogP contribution in [0.2, 0.25) is 5.15 Å². The average molecular weight is 412 g/mol. The summed E-state index contributed by atoms with van der Waals surface area (Å²) in [6, 6.07) is 11.9. The highest BCUT2D eigenvalue weighted by atomic mass is 35.5. The van der Waals surface area contributed by atoms with Crippen molar-refractivity contribution >= 4 is 39.4 Å². The molecule has 4 rings (SSSR count). The molecule has 0 bridgehead atoms. The van der Waals surface area contributed by atoms with Crippen LogP contribution in [0.4, 0.5) is 0 Å². The van der Waals surface area contributed by atoms with Crippen molar-refractivity contribution in [3.63, 3.8) is 0 Å². The van der Waals surface area contributed by atoms with Crippen LogP contribution in [-0.2, 0) is 13.0 Å². The van der Waals surface area contributed by atoms with E-state index in [1.165, 1.54) is 22.3 Å². The minimum atomic E-state index is -0.192. The molecule has 0 radical (unpaired) electrons. The molecule has 8 heteroatoms. The molecule has 0 fully saturated rings. The highest BCUT2D eigenvalue weighted by Gasteiger charge is 2.13. The highest BCUT2D eigenvalue weighted by molar-refractivity contribution is 7.18. The van der Waals surface area contributed by atoms with Crippen molar-refractivity contribution < 1.29 is 0 Å². The van der Waals surface area contributed by atoms with Gasteiger partial charge in [0.05, 0.1) is 29.4 Å². The molecule has 28 heavy (non-hydrogen) atoms. The standard InChI is InChI=1S/C20H18ClN5OS/c1-3-15-9-16-19(28-15)22-12-26(20(16)27)23-10-17-13(2)24-25(18(17)21)11-14-7-5-4-6-8-14/h4-10,12H,3,11H2,1-2H3/b23-10-. The van der Waals surface area contributed by atoms with Gasteiger partial charge in [-0.1, -0.05) is 48.9 Å². The van der Waals surface area contributed by atoms with E-state index >= 15 is 0 Å². The third-order valence-corrected chi connectivity index (χ3v) is 6.02. The fourth-order valence-corrected chi connectivity index (χ4v) is 4.12. The Morgan fingerprint density at radius 3 is 2.82 bits per heavy atom. The molecule has 0 unspecified atom stereocenters. The van der Waals surface area contributed by atoms with Crippen LogP contribution in [0.25, 0.3) is 10.2 Å². The lowest BCUT2D eigenvalue weighted by atomic mass is 10.2. The molecule has 0 aliphatic rings. The summed E-state index contributed by atoms with van der Waals surface area (Å²) in [4.78, 5) is 18.9. The molecule has 0 saturated heterocycles. The van der Waals surface area contributed by atoms with Gasteiger partial charge in [0, 0.05) is 4.88 Å². The molecule has 0 amide bonds. The number of hydrogen-bond donors (Lipinski definition) is 0. The van der Waals surface area contributed by atoms with Crippen molar-refractivity contribution in [2.75, 3.05) is 0 Å². The van der Waals surface area contributed by atoms with Crippen molar-refractivity contribution in [3.8, 4) is 0 Å². The maximum absolute atomic E-state index is 12.7. The lowest BCUT2D eigenvalue weighted by Gasteiger charge is -2.03. The Bertz CT molecular complexity index is 1220. The van der Waals surface area contributed by atoms with Gasteiger partial charge < -0.3 is 0 Å². The van der Waals surface area contributed by atoms with Crippen LogP contribution in [-0.4, -0.2) is 25.7 Å². The van der Waals surface area contributed by atoms with Crippen molar-refractivity contribution in [1.29, 1.82) is 0 Å². The number of benzene rings is 1. The van der Waals surface area contributed by atoms with Gasteiger partial charge in [-0.15, -0.1) is 11.3 Å². The second-order valence-electron chi connectivity index (χ2n) is 6.36. The van der Waals surface area contributed by atoms with Gasteiger partial charge in [-0.3, -0.25) is 4.79 Å². The number of hydrogen-bond acceptors (Lipinski definition) is 5.